The van der Waals surface area contributed by atoms with Crippen molar-refractivity contribution in [2.75, 3.05) is 0 Å². The molecule has 1 N–H and O–H groups in total. The Morgan fingerprint density at radius 1 is 1.47 bits per heavy atom. The average molecular weight is 231 g/mol. The highest BCUT2D eigenvalue weighted by Gasteiger charge is 2.22. The van der Waals surface area contributed by atoms with Crippen LogP contribution in [0.25, 0.3) is 0 Å². The maximum Gasteiger partial charge on any atom is 0.194 e. The van der Waals surface area contributed by atoms with Crippen LogP contribution < -0.4 is 0 Å². The van der Waals surface area contributed by atoms with Crippen molar-refractivity contribution in [3.05, 3.63) is 28.8 Å². The van der Waals surface area contributed by atoms with E-state index in [4.69, 9.17) is 0 Å². The van der Waals surface area contributed by atoms with Crippen molar-refractivity contribution in [3.63, 3.8) is 0 Å². The molecule has 0 spiro atoms. The van der Waals surface area contributed by atoms with Crippen LogP contribution in [0.3, 0.4) is 0 Å². The van der Waals surface area contributed by atoms with Crippen LogP contribution >= 0.6 is 0 Å². The zero-order valence-electron chi connectivity index (χ0n) is 9.60. The molecule has 6 nitrogen and oxygen atoms in total. The topological polar surface area (TPSA) is 76.5 Å². The Morgan fingerprint density at radius 3 is 3.12 bits per heavy atom. The minimum atomic E-state index is 0.251. The van der Waals surface area contributed by atoms with Crippen molar-refractivity contribution in [2.24, 2.45) is 0 Å². The first-order valence-corrected chi connectivity index (χ1v) is 5.70. The number of carbonyl (C=O) groups excluding carboxylic acids is 1. The van der Waals surface area contributed by atoms with Gasteiger partial charge in [0.25, 0.3) is 0 Å². The van der Waals surface area contributed by atoms with E-state index >= 15 is 0 Å². The summed E-state index contributed by atoms with van der Waals surface area (Å²) in [5, 5.41) is 13.9. The first-order chi connectivity index (χ1) is 8.25. The van der Waals surface area contributed by atoms with Crippen LogP contribution in [0.4, 0.5) is 0 Å². The van der Waals surface area contributed by atoms with E-state index in [9.17, 15) is 4.79 Å². The average Bonchev–Trinajstić information content (AvgIpc) is 2.91. The Morgan fingerprint density at radius 2 is 2.35 bits per heavy atom. The standard InChI is InChI=1S/C11H13N5O/c1-7-5-8-9(3-2-4-10(8)17)16(7)6-11-12-14-15-13-11/h5H,2-4,6H2,1H3,(H,12,13,14,15). The summed E-state index contributed by atoms with van der Waals surface area (Å²) in [7, 11) is 0. The van der Waals surface area contributed by atoms with Crippen molar-refractivity contribution in [3.8, 4) is 0 Å². The van der Waals surface area contributed by atoms with E-state index in [1.165, 1.54) is 0 Å². The van der Waals surface area contributed by atoms with E-state index in [1.54, 1.807) is 0 Å². The van der Waals surface area contributed by atoms with Gasteiger partial charge in [-0.05, 0) is 25.8 Å². The molecule has 0 fully saturated rings. The van der Waals surface area contributed by atoms with Gasteiger partial charge in [-0.1, -0.05) is 5.21 Å². The number of fused-ring (bicyclic) bond motifs is 1. The minimum Gasteiger partial charge on any atom is -0.340 e. The van der Waals surface area contributed by atoms with Gasteiger partial charge in [0, 0.05) is 23.4 Å². The molecule has 3 rings (SSSR count). The van der Waals surface area contributed by atoms with Crippen molar-refractivity contribution in [2.45, 2.75) is 32.7 Å². The first-order valence-electron chi connectivity index (χ1n) is 5.70. The molecule has 2 heterocycles. The number of nitrogens with zero attached hydrogens (tertiary/aromatic N) is 4. The van der Waals surface area contributed by atoms with Gasteiger partial charge in [0.2, 0.25) is 0 Å². The molecule has 1 aliphatic carbocycles. The lowest BCUT2D eigenvalue weighted by Gasteiger charge is -2.14. The molecule has 6 heteroatoms. The third kappa shape index (κ3) is 1.65. The zero-order chi connectivity index (χ0) is 11.8. The van der Waals surface area contributed by atoms with Gasteiger partial charge in [0.15, 0.2) is 11.6 Å². The number of carbonyl (C=O) groups is 1. The minimum absolute atomic E-state index is 0.251. The maximum absolute atomic E-state index is 11.8. The van der Waals surface area contributed by atoms with Gasteiger partial charge >= 0.3 is 0 Å². The molecule has 0 amide bonds. The molecule has 1 aliphatic rings. The van der Waals surface area contributed by atoms with E-state index in [0.29, 0.717) is 18.8 Å². The summed E-state index contributed by atoms with van der Waals surface area (Å²) in [6, 6.07) is 1.97. The zero-order valence-corrected chi connectivity index (χ0v) is 9.60. The van der Waals surface area contributed by atoms with Gasteiger partial charge in [0.1, 0.15) is 0 Å². The highest BCUT2D eigenvalue weighted by atomic mass is 16.1. The molecule has 2 aromatic heterocycles. The fourth-order valence-corrected chi connectivity index (χ4v) is 2.40. The van der Waals surface area contributed by atoms with Gasteiger partial charge in [-0.15, -0.1) is 10.2 Å². The van der Waals surface area contributed by atoms with E-state index in [1.807, 2.05) is 13.0 Å². The molecule has 0 saturated carbocycles. The van der Waals surface area contributed by atoms with Gasteiger partial charge in [-0.25, -0.2) is 0 Å². The third-order valence-electron chi connectivity index (χ3n) is 3.22. The second kappa shape index (κ2) is 3.80. The van der Waals surface area contributed by atoms with Crippen molar-refractivity contribution < 1.29 is 4.79 Å². The van der Waals surface area contributed by atoms with Crippen LogP contribution in [-0.4, -0.2) is 31.0 Å². The van der Waals surface area contributed by atoms with Crippen LogP contribution in [0.1, 0.15) is 40.4 Å². The van der Waals surface area contributed by atoms with Crippen LogP contribution in [0.15, 0.2) is 6.07 Å². The molecule has 0 radical (unpaired) electrons. The molecule has 0 atom stereocenters. The predicted octanol–water partition coefficient (Wildman–Crippen LogP) is 0.877. The number of aryl methyl sites for hydroxylation is 1. The molecule has 0 aliphatic heterocycles. The molecule has 0 unspecified atom stereocenters. The highest BCUT2D eigenvalue weighted by Crippen LogP contribution is 2.25. The second-order valence-electron chi connectivity index (χ2n) is 4.34. The first kappa shape index (κ1) is 10.2. The number of aromatic amines is 1. The molecule has 0 aromatic carbocycles. The summed E-state index contributed by atoms with van der Waals surface area (Å²) < 4.78 is 2.11. The van der Waals surface area contributed by atoms with Gasteiger partial charge < -0.3 is 4.57 Å². The van der Waals surface area contributed by atoms with Crippen LogP contribution in [-0.2, 0) is 13.0 Å². The third-order valence-corrected chi connectivity index (χ3v) is 3.22. The Hall–Kier alpha value is -1.98. The number of hydrogen-bond acceptors (Lipinski definition) is 4. The number of ketones is 1. The second-order valence-corrected chi connectivity index (χ2v) is 4.34. The molecule has 0 saturated heterocycles. The molecule has 17 heavy (non-hydrogen) atoms. The van der Waals surface area contributed by atoms with E-state index in [-0.39, 0.29) is 5.78 Å². The fourth-order valence-electron chi connectivity index (χ4n) is 2.40. The summed E-state index contributed by atoms with van der Waals surface area (Å²) >= 11 is 0. The number of H-pyrrole nitrogens is 1. The SMILES string of the molecule is Cc1cc2c(n1Cc1nn[nH]n1)CCCC2=O. The number of hydrogen-bond donors (Lipinski definition) is 1. The summed E-state index contributed by atoms with van der Waals surface area (Å²) in [4.78, 5) is 11.8. The molecule has 88 valence electrons. The molecular formula is C11H13N5O. The van der Waals surface area contributed by atoms with E-state index in [2.05, 4.69) is 25.2 Å². The number of aromatic nitrogens is 5. The largest absolute Gasteiger partial charge is 0.340 e. The fraction of sp³-hybridized carbons (Fsp3) is 0.455. The van der Waals surface area contributed by atoms with Gasteiger partial charge in [-0.3, -0.25) is 4.79 Å². The molecular weight excluding hydrogens is 218 g/mol. The summed E-state index contributed by atoms with van der Waals surface area (Å²) in [5.74, 6) is 0.894. The number of nitrogens with one attached hydrogen (secondary N) is 1. The van der Waals surface area contributed by atoms with Crippen molar-refractivity contribution in [1.29, 1.82) is 0 Å². The number of rotatable bonds is 2. The maximum atomic E-state index is 11.8. The van der Waals surface area contributed by atoms with Crippen molar-refractivity contribution in [1.82, 2.24) is 25.2 Å². The van der Waals surface area contributed by atoms with Crippen molar-refractivity contribution >= 4 is 5.78 Å². The van der Waals surface area contributed by atoms with Gasteiger partial charge in [0.05, 0.1) is 6.54 Å². The van der Waals surface area contributed by atoms with Gasteiger partial charge in [-0.2, -0.15) is 5.21 Å². The Kier molecular flexibility index (Phi) is 2.28. The lowest BCUT2D eigenvalue weighted by Crippen LogP contribution is -2.14. The van der Waals surface area contributed by atoms with E-state index in [0.717, 1.165) is 29.8 Å². The summed E-state index contributed by atoms with van der Waals surface area (Å²) in [6.45, 7) is 2.58. The lowest BCUT2D eigenvalue weighted by atomic mass is 9.97. The number of tetrazole rings is 1. The quantitative estimate of drug-likeness (QED) is 0.832. The van der Waals surface area contributed by atoms with Crippen LogP contribution in [0.2, 0.25) is 0 Å². The Balaban J connectivity index is 2.02. The smallest absolute Gasteiger partial charge is 0.194 e. The Labute approximate surface area is 98.0 Å². The highest BCUT2D eigenvalue weighted by molar-refractivity contribution is 5.98. The van der Waals surface area contributed by atoms with Crippen LogP contribution in [0.5, 0.6) is 0 Å². The predicted molar refractivity (Wildman–Crippen MR) is 59.7 cm³/mol. The Bertz CT molecular complexity index is 555. The van der Waals surface area contributed by atoms with Crippen LogP contribution in [0, 0.1) is 6.92 Å². The normalized spacial score (nSPS) is 15.0. The summed E-state index contributed by atoms with van der Waals surface area (Å²) in [5.41, 5.74) is 3.07. The monoisotopic (exact) mass is 231 g/mol. The summed E-state index contributed by atoms with van der Waals surface area (Å²) in [6.07, 6.45) is 2.55. The molecule has 0 bridgehead atoms. The van der Waals surface area contributed by atoms with E-state index < -0.39 is 0 Å². The number of Topliss-reactive ketones (excluding diaryl/α,β-unsaturated/α-hetero) is 1. The lowest BCUT2D eigenvalue weighted by molar-refractivity contribution is 0.0972. The molecule has 2 aromatic rings.